The van der Waals surface area contributed by atoms with Gasteiger partial charge in [0.25, 0.3) is 5.69 Å². The zero-order chi connectivity index (χ0) is 24.5. The van der Waals surface area contributed by atoms with E-state index in [0.717, 1.165) is 0 Å². The molecule has 33 heavy (non-hydrogen) atoms. The van der Waals surface area contributed by atoms with Gasteiger partial charge in [0.2, 0.25) is 9.84 Å². The maximum atomic E-state index is 13.7. The Morgan fingerprint density at radius 3 is 2.42 bits per heavy atom. The van der Waals surface area contributed by atoms with Crippen LogP contribution >= 0.6 is 11.6 Å². The zero-order valence-electron chi connectivity index (χ0n) is 18.0. The number of rotatable bonds is 6. The summed E-state index contributed by atoms with van der Waals surface area (Å²) in [7, 11) is -4.26. The van der Waals surface area contributed by atoms with Crippen LogP contribution in [0.2, 0.25) is 5.02 Å². The third-order valence-electron chi connectivity index (χ3n) is 4.93. The van der Waals surface area contributed by atoms with E-state index in [1.54, 1.807) is 20.8 Å². The first kappa shape index (κ1) is 24.3. The normalized spacial score (nSPS) is 16.6. The number of allylic oxidation sites excluding steroid dienone is 2. The lowest BCUT2D eigenvalue weighted by molar-refractivity contribution is -0.384. The smallest absolute Gasteiger partial charge is 0.337 e. The fourth-order valence-electron chi connectivity index (χ4n) is 3.56. The molecule has 3 N–H and O–H groups in total. The lowest BCUT2D eigenvalue weighted by Crippen LogP contribution is -2.36. The van der Waals surface area contributed by atoms with E-state index in [4.69, 9.17) is 22.1 Å². The quantitative estimate of drug-likeness (QED) is 0.353. The minimum absolute atomic E-state index is 0.00839. The van der Waals surface area contributed by atoms with E-state index in [-0.39, 0.29) is 38.1 Å². The Morgan fingerprint density at radius 2 is 1.85 bits per heavy atom. The predicted octanol–water partition coefficient (Wildman–Crippen LogP) is 3.76. The summed E-state index contributed by atoms with van der Waals surface area (Å²) < 4.78 is 32.7. The van der Waals surface area contributed by atoms with Gasteiger partial charge in [0.1, 0.15) is 10.7 Å². The number of halogens is 1. The van der Waals surface area contributed by atoms with Gasteiger partial charge in [0.15, 0.2) is 0 Å². The zero-order valence-corrected chi connectivity index (χ0v) is 19.6. The largest absolute Gasteiger partial charge is 0.460 e. The van der Waals surface area contributed by atoms with E-state index < -0.39 is 32.8 Å². The van der Waals surface area contributed by atoms with Gasteiger partial charge in [-0.25, -0.2) is 13.2 Å². The molecule has 9 nitrogen and oxygen atoms in total. The molecule has 1 heterocycles. The number of benzene rings is 2. The maximum Gasteiger partial charge on any atom is 0.337 e. The highest BCUT2D eigenvalue weighted by molar-refractivity contribution is 7.95. The molecule has 1 unspecified atom stereocenters. The topological polar surface area (TPSA) is 142 Å². The molecule has 2 aromatic carbocycles. The van der Waals surface area contributed by atoms with Crippen molar-refractivity contribution in [3.63, 3.8) is 0 Å². The molecule has 0 amide bonds. The summed E-state index contributed by atoms with van der Waals surface area (Å²) in [4.78, 5) is 23.4. The molecule has 1 aliphatic rings. The van der Waals surface area contributed by atoms with Crippen LogP contribution in [-0.4, -0.2) is 25.4 Å². The second-order valence-electron chi connectivity index (χ2n) is 7.64. The third-order valence-corrected chi connectivity index (χ3v) is 7.11. The molecule has 0 bridgehead atoms. The van der Waals surface area contributed by atoms with E-state index in [1.807, 2.05) is 0 Å². The number of hydrogen-bond acceptors (Lipinski definition) is 8. The van der Waals surface area contributed by atoms with Crippen LogP contribution in [-0.2, 0) is 19.4 Å². The van der Waals surface area contributed by atoms with Gasteiger partial charge in [0, 0.05) is 22.9 Å². The second kappa shape index (κ2) is 9.24. The number of carbonyl (C=O) groups is 1. The van der Waals surface area contributed by atoms with E-state index in [2.05, 4.69) is 5.32 Å². The maximum absolute atomic E-state index is 13.7. The Balaban J connectivity index is 2.29. The second-order valence-corrected chi connectivity index (χ2v) is 9.99. The van der Waals surface area contributed by atoms with E-state index in [1.165, 1.54) is 48.5 Å². The molecule has 1 atom stereocenters. The molecular weight excluding hydrogens is 470 g/mol. The lowest BCUT2D eigenvalue weighted by atomic mass is 9.87. The number of ether oxygens (including phenoxy) is 1. The highest BCUT2D eigenvalue weighted by Gasteiger charge is 2.41. The summed E-state index contributed by atoms with van der Waals surface area (Å²) >= 11 is 5.90. The number of sulfone groups is 1. The molecule has 0 fully saturated rings. The number of nitro benzene ring substituents is 1. The van der Waals surface area contributed by atoms with Gasteiger partial charge in [-0.3, -0.25) is 10.1 Å². The average molecular weight is 492 g/mol. The van der Waals surface area contributed by atoms with Crippen LogP contribution in [0.5, 0.6) is 0 Å². The summed E-state index contributed by atoms with van der Waals surface area (Å²) in [5, 5.41) is 14.5. The third kappa shape index (κ3) is 4.86. The Morgan fingerprint density at radius 1 is 1.21 bits per heavy atom. The van der Waals surface area contributed by atoms with Crippen molar-refractivity contribution in [1.82, 2.24) is 5.32 Å². The average Bonchev–Trinajstić information content (AvgIpc) is 2.72. The summed E-state index contributed by atoms with van der Waals surface area (Å²) in [6, 6.07) is 10.9. The van der Waals surface area contributed by atoms with Crippen LogP contribution < -0.4 is 11.1 Å². The molecule has 174 valence electrons. The van der Waals surface area contributed by atoms with Crippen molar-refractivity contribution in [3.05, 3.63) is 91.2 Å². The monoisotopic (exact) mass is 491 g/mol. The van der Waals surface area contributed by atoms with Crippen molar-refractivity contribution >= 4 is 33.1 Å². The van der Waals surface area contributed by atoms with Gasteiger partial charge >= 0.3 is 5.97 Å². The van der Waals surface area contributed by atoms with Crippen LogP contribution in [0.1, 0.15) is 32.3 Å². The minimum Gasteiger partial charge on any atom is -0.460 e. The van der Waals surface area contributed by atoms with Crippen LogP contribution in [0.25, 0.3) is 0 Å². The van der Waals surface area contributed by atoms with Crippen molar-refractivity contribution in [2.24, 2.45) is 5.73 Å². The number of nitro groups is 1. The Labute approximate surface area is 195 Å². The number of hydrogen-bond donors (Lipinski definition) is 2. The number of dihydropyridines is 1. The van der Waals surface area contributed by atoms with Gasteiger partial charge in [-0.15, -0.1) is 0 Å². The van der Waals surface area contributed by atoms with Gasteiger partial charge < -0.3 is 15.8 Å². The van der Waals surface area contributed by atoms with Crippen LogP contribution in [0.4, 0.5) is 5.69 Å². The Bertz CT molecular complexity index is 1280. The molecule has 0 radical (unpaired) electrons. The number of nitrogens with zero attached hydrogens (tertiary/aromatic N) is 1. The minimum atomic E-state index is -4.26. The molecule has 11 heteroatoms. The highest BCUT2D eigenvalue weighted by atomic mass is 35.5. The molecule has 2 aromatic rings. The fraction of sp³-hybridized carbons (Fsp3) is 0.227. The van der Waals surface area contributed by atoms with Crippen molar-refractivity contribution in [3.8, 4) is 0 Å². The summed E-state index contributed by atoms with van der Waals surface area (Å²) in [5.74, 6) is -2.19. The molecule has 0 saturated heterocycles. The summed E-state index contributed by atoms with van der Waals surface area (Å²) in [6.07, 6.45) is -0.483. The van der Waals surface area contributed by atoms with Crippen molar-refractivity contribution < 1.29 is 22.9 Å². The first-order chi connectivity index (χ1) is 15.4. The van der Waals surface area contributed by atoms with E-state index >= 15 is 0 Å². The van der Waals surface area contributed by atoms with E-state index in [0.29, 0.717) is 5.02 Å². The Hall–Kier alpha value is -3.37. The van der Waals surface area contributed by atoms with Crippen molar-refractivity contribution in [1.29, 1.82) is 0 Å². The lowest BCUT2D eigenvalue weighted by Gasteiger charge is -2.31. The standard InChI is InChI=1S/C22H22ClN3O6S/c1-12(2)32-22(27)18-13(3)25-21(24)20(33(30,31)17-9-7-15(23)8-10-17)19(18)14-5-4-6-16(11-14)26(28)29/h4-12,19,25H,24H2,1-3H3. The van der Waals surface area contributed by atoms with Crippen LogP contribution in [0.3, 0.4) is 0 Å². The SMILES string of the molecule is CC1=C(C(=O)OC(C)C)C(c2cccc([N+](=O)[O-])c2)C(S(=O)(=O)c2ccc(Cl)cc2)=C(N)N1. The van der Waals surface area contributed by atoms with Gasteiger partial charge in [-0.1, -0.05) is 23.7 Å². The molecular formula is C22H22ClN3O6S. The summed E-state index contributed by atoms with van der Waals surface area (Å²) in [5.41, 5.74) is 6.37. The molecule has 1 aliphatic heterocycles. The van der Waals surface area contributed by atoms with Crippen molar-refractivity contribution in [2.45, 2.75) is 37.7 Å². The fourth-order valence-corrected chi connectivity index (χ4v) is 5.34. The van der Waals surface area contributed by atoms with Gasteiger partial charge in [-0.2, -0.15) is 0 Å². The number of nitrogens with two attached hydrogens (primary N) is 1. The van der Waals surface area contributed by atoms with Crippen LogP contribution in [0.15, 0.2) is 75.4 Å². The number of nitrogens with one attached hydrogen (secondary N) is 1. The number of esters is 1. The number of carbonyl (C=O) groups excluding carboxylic acids is 1. The molecule has 0 spiro atoms. The Kier molecular flexibility index (Phi) is 6.80. The molecule has 3 rings (SSSR count). The van der Waals surface area contributed by atoms with Crippen LogP contribution in [0, 0.1) is 10.1 Å². The molecule has 0 saturated carbocycles. The van der Waals surface area contributed by atoms with E-state index in [9.17, 15) is 23.3 Å². The predicted molar refractivity (Wildman–Crippen MR) is 123 cm³/mol. The van der Waals surface area contributed by atoms with Crippen molar-refractivity contribution in [2.75, 3.05) is 0 Å². The first-order valence-corrected chi connectivity index (χ1v) is 11.7. The first-order valence-electron chi connectivity index (χ1n) is 9.87. The summed E-state index contributed by atoms with van der Waals surface area (Å²) in [6.45, 7) is 4.86. The number of non-ortho nitro benzene ring substituents is 1. The van der Waals surface area contributed by atoms with Gasteiger partial charge in [0.05, 0.1) is 27.4 Å². The van der Waals surface area contributed by atoms with Gasteiger partial charge in [-0.05, 0) is 50.6 Å². The molecule has 0 aliphatic carbocycles. The highest BCUT2D eigenvalue weighted by Crippen LogP contribution is 2.43. The molecule has 0 aromatic heterocycles.